The first-order chi connectivity index (χ1) is 17.4. The number of hydrogen-bond acceptors (Lipinski definition) is 6. The molecule has 188 valence electrons. The number of fused-ring (bicyclic) bond motifs is 3. The van der Waals surface area contributed by atoms with Gasteiger partial charge in [-0.2, -0.15) is 0 Å². The molecule has 0 saturated carbocycles. The van der Waals surface area contributed by atoms with Gasteiger partial charge in [-0.15, -0.1) is 0 Å². The zero-order valence-electron chi connectivity index (χ0n) is 20.6. The van der Waals surface area contributed by atoms with Gasteiger partial charge >= 0.3 is 0 Å². The average Bonchev–Trinajstić information content (AvgIpc) is 2.87. The van der Waals surface area contributed by atoms with Crippen molar-refractivity contribution in [2.45, 2.75) is 39.3 Å². The van der Waals surface area contributed by atoms with Crippen molar-refractivity contribution in [1.82, 2.24) is 15.3 Å². The number of rotatable bonds is 12. The van der Waals surface area contributed by atoms with Crippen LogP contribution in [0.1, 0.15) is 41.3 Å². The maximum atomic E-state index is 11.6. The molecule has 0 fully saturated rings. The molecule has 0 spiro atoms. The quantitative estimate of drug-likeness (QED) is 0.202. The maximum absolute atomic E-state index is 11.6. The summed E-state index contributed by atoms with van der Waals surface area (Å²) < 4.78 is 12.0. The van der Waals surface area contributed by atoms with E-state index < -0.39 is 5.91 Å². The number of hydrogen-bond donors (Lipinski definition) is 2. The molecule has 8 heteroatoms. The minimum absolute atomic E-state index is 0.199. The highest BCUT2D eigenvalue weighted by Gasteiger charge is 2.14. The summed E-state index contributed by atoms with van der Waals surface area (Å²) >= 11 is 6.18. The number of halogens is 1. The molecule has 4 aromatic rings. The fraction of sp³-hybridized carbons (Fsp3) is 0.321. The molecule has 0 unspecified atom stereocenters. The highest BCUT2D eigenvalue weighted by atomic mass is 35.5. The van der Waals surface area contributed by atoms with Crippen LogP contribution >= 0.6 is 11.6 Å². The number of unbranched alkanes of at least 4 members (excludes halogenated alkanes) is 1. The second kappa shape index (κ2) is 12.1. The number of nitrogens with two attached hydrogens (primary N) is 1. The molecule has 2 aromatic heterocycles. The van der Waals surface area contributed by atoms with Crippen molar-refractivity contribution in [3.63, 3.8) is 0 Å². The molecule has 0 aliphatic carbocycles. The van der Waals surface area contributed by atoms with Crippen LogP contribution in [0.2, 0.25) is 5.02 Å². The zero-order valence-corrected chi connectivity index (χ0v) is 21.3. The summed E-state index contributed by atoms with van der Waals surface area (Å²) in [6.45, 7) is 6.77. The first-order valence-corrected chi connectivity index (χ1v) is 12.5. The molecule has 3 N–H and O–H groups in total. The minimum Gasteiger partial charge on any atom is -0.472 e. The summed E-state index contributed by atoms with van der Waals surface area (Å²) in [6, 6.07) is 13.2. The lowest BCUT2D eigenvalue weighted by Crippen LogP contribution is -2.21. The van der Waals surface area contributed by atoms with E-state index in [0.717, 1.165) is 52.7 Å². The molecule has 2 heterocycles. The fourth-order valence-electron chi connectivity index (χ4n) is 3.97. The number of pyridine rings is 2. The van der Waals surface area contributed by atoms with Crippen LogP contribution in [-0.2, 0) is 11.3 Å². The predicted octanol–water partition coefficient (Wildman–Crippen LogP) is 5.20. The largest absolute Gasteiger partial charge is 0.472 e. The fourth-order valence-corrected chi connectivity index (χ4v) is 4.17. The molecule has 0 aliphatic rings. The van der Waals surface area contributed by atoms with E-state index in [1.165, 1.54) is 5.56 Å². The van der Waals surface area contributed by atoms with Crippen LogP contribution in [-0.4, -0.2) is 41.7 Å². The molecule has 7 nitrogen and oxygen atoms in total. The summed E-state index contributed by atoms with van der Waals surface area (Å²) in [5.41, 5.74) is 8.76. The Balaban J connectivity index is 1.25. The van der Waals surface area contributed by atoms with Crippen molar-refractivity contribution >= 4 is 39.2 Å². The molecular weight excluding hydrogens is 476 g/mol. The highest BCUT2D eigenvalue weighted by molar-refractivity contribution is 6.31. The normalized spacial score (nSPS) is 12.2. The van der Waals surface area contributed by atoms with E-state index in [0.29, 0.717) is 30.2 Å². The summed E-state index contributed by atoms with van der Waals surface area (Å²) in [5, 5.41) is 6.90. The van der Waals surface area contributed by atoms with E-state index in [2.05, 4.69) is 21.4 Å². The lowest BCUT2D eigenvalue weighted by Gasteiger charge is -2.17. The molecule has 2 aromatic carbocycles. The van der Waals surface area contributed by atoms with Crippen molar-refractivity contribution in [2.24, 2.45) is 5.73 Å². The van der Waals surface area contributed by atoms with Gasteiger partial charge in [0.2, 0.25) is 11.8 Å². The lowest BCUT2D eigenvalue weighted by atomic mass is 10.1. The van der Waals surface area contributed by atoms with Crippen molar-refractivity contribution in [1.29, 1.82) is 0 Å². The summed E-state index contributed by atoms with van der Waals surface area (Å²) in [7, 11) is 0. The molecule has 0 aliphatic heterocycles. The van der Waals surface area contributed by atoms with Crippen LogP contribution in [0.3, 0.4) is 0 Å². The lowest BCUT2D eigenvalue weighted by molar-refractivity contribution is 0.0556. The number of nitrogens with zero attached hydrogens (tertiary/aromatic N) is 2. The van der Waals surface area contributed by atoms with E-state index in [1.54, 1.807) is 24.5 Å². The maximum Gasteiger partial charge on any atom is 0.248 e. The Morgan fingerprint density at radius 2 is 1.97 bits per heavy atom. The molecule has 0 saturated heterocycles. The highest BCUT2D eigenvalue weighted by Crippen LogP contribution is 2.31. The Bertz CT molecular complexity index is 1360. The van der Waals surface area contributed by atoms with E-state index in [1.807, 2.05) is 38.1 Å². The Labute approximate surface area is 216 Å². The van der Waals surface area contributed by atoms with Crippen molar-refractivity contribution < 1.29 is 14.3 Å². The summed E-state index contributed by atoms with van der Waals surface area (Å²) in [4.78, 5) is 20.5. The van der Waals surface area contributed by atoms with Crippen LogP contribution in [0, 0.1) is 6.92 Å². The van der Waals surface area contributed by atoms with Crippen LogP contribution in [0.4, 0.5) is 0 Å². The van der Waals surface area contributed by atoms with Crippen LogP contribution in [0.25, 0.3) is 21.7 Å². The van der Waals surface area contributed by atoms with Gasteiger partial charge in [0.15, 0.2) is 0 Å². The van der Waals surface area contributed by atoms with Gasteiger partial charge in [-0.05, 0) is 68.6 Å². The third-order valence-corrected chi connectivity index (χ3v) is 6.38. The molecule has 4 rings (SSSR count). The van der Waals surface area contributed by atoms with Crippen molar-refractivity contribution in [2.75, 3.05) is 19.8 Å². The number of ether oxygens (including phenoxy) is 2. The monoisotopic (exact) mass is 506 g/mol. The minimum atomic E-state index is -0.496. The van der Waals surface area contributed by atoms with Crippen LogP contribution in [0.15, 0.2) is 54.9 Å². The molecular formula is C28H31ClN4O3. The Morgan fingerprint density at radius 3 is 2.78 bits per heavy atom. The SMILES string of the molecule is Cc1ccc(CNCCCCOC[C@H](C)Oc2nc3cc(C(N)=O)ccc3c3cnccc23)cc1Cl. The summed E-state index contributed by atoms with van der Waals surface area (Å²) in [6.07, 6.45) is 5.26. The van der Waals surface area contributed by atoms with E-state index >= 15 is 0 Å². The van der Waals surface area contributed by atoms with Crippen molar-refractivity contribution in [3.05, 3.63) is 76.6 Å². The number of aryl methyl sites for hydroxylation is 1. The number of carbonyl (C=O) groups is 1. The van der Waals surface area contributed by atoms with Gasteiger partial charge in [-0.25, -0.2) is 4.98 Å². The molecule has 1 amide bonds. The van der Waals surface area contributed by atoms with Gasteiger partial charge in [0, 0.05) is 52.3 Å². The van der Waals surface area contributed by atoms with E-state index in [-0.39, 0.29) is 6.10 Å². The van der Waals surface area contributed by atoms with Crippen LogP contribution < -0.4 is 15.8 Å². The second-order valence-corrected chi connectivity index (χ2v) is 9.31. The third kappa shape index (κ3) is 6.49. The van der Waals surface area contributed by atoms with E-state index in [9.17, 15) is 4.79 Å². The van der Waals surface area contributed by atoms with Crippen LogP contribution in [0.5, 0.6) is 5.88 Å². The number of primary amides is 1. The number of nitrogens with one attached hydrogen (secondary N) is 1. The van der Waals surface area contributed by atoms with Gasteiger partial charge in [0.25, 0.3) is 0 Å². The predicted molar refractivity (Wildman–Crippen MR) is 144 cm³/mol. The molecule has 1 atom stereocenters. The van der Waals surface area contributed by atoms with Gasteiger partial charge in [0.1, 0.15) is 6.10 Å². The average molecular weight is 507 g/mol. The number of carbonyl (C=O) groups excluding carboxylic acids is 1. The zero-order chi connectivity index (χ0) is 25.5. The Hall–Kier alpha value is -3.26. The van der Waals surface area contributed by atoms with Crippen molar-refractivity contribution in [3.8, 4) is 5.88 Å². The first-order valence-electron chi connectivity index (χ1n) is 12.1. The van der Waals surface area contributed by atoms with Gasteiger partial charge in [0.05, 0.1) is 12.1 Å². The van der Waals surface area contributed by atoms with Gasteiger partial charge in [-0.1, -0.05) is 29.8 Å². The molecule has 0 bridgehead atoms. The third-order valence-electron chi connectivity index (χ3n) is 5.97. The Morgan fingerprint density at radius 1 is 1.11 bits per heavy atom. The number of aromatic nitrogens is 2. The second-order valence-electron chi connectivity index (χ2n) is 8.91. The molecule has 36 heavy (non-hydrogen) atoms. The van der Waals surface area contributed by atoms with Gasteiger partial charge in [-0.3, -0.25) is 9.78 Å². The van der Waals surface area contributed by atoms with Gasteiger partial charge < -0.3 is 20.5 Å². The number of benzene rings is 2. The summed E-state index contributed by atoms with van der Waals surface area (Å²) in [5.74, 6) is -0.0120. The van der Waals surface area contributed by atoms with E-state index in [4.69, 9.17) is 26.8 Å². The smallest absolute Gasteiger partial charge is 0.248 e. The number of amides is 1. The topological polar surface area (TPSA) is 99.4 Å². The Kier molecular flexibility index (Phi) is 8.70. The first kappa shape index (κ1) is 25.8. The standard InChI is InChI=1S/C28H31ClN4O3/c1-18-5-6-20(13-25(18)29)15-31-10-3-4-12-35-17-19(2)36-28-23-9-11-32-16-24(23)22-8-7-21(27(30)34)14-26(22)33-28/h5-9,11,13-14,16,19,31H,3-4,10,12,15,17H2,1-2H3,(H2,30,34)/t19-/m0/s1. The molecule has 0 radical (unpaired) electrons.